The summed E-state index contributed by atoms with van der Waals surface area (Å²) in [5, 5.41) is 7.64. The molecule has 0 saturated heterocycles. The standard InChI is InChI=1S/C15H20FN3/c1-3-19-11-14(10-18-19)12(2)17-9-8-13-6-4-5-7-15(13)16/h4-7,10-12,17H,3,8-9H2,1-2H3. The van der Waals surface area contributed by atoms with E-state index in [-0.39, 0.29) is 11.9 Å². The maximum absolute atomic E-state index is 13.4. The molecule has 0 radical (unpaired) electrons. The summed E-state index contributed by atoms with van der Waals surface area (Å²) < 4.78 is 15.4. The minimum Gasteiger partial charge on any atom is -0.310 e. The topological polar surface area (TPSA) is 29.9 Å². The van der Waals surface area contributed by atoms with Gasteiger partial charge in [0.15, 0.2) is 0 Å². The van der Waals surface area contributed by atoms with Gasteiger partial charge in [-0.15, -0.1) is 0 Å². The van der Waals surface area contributed by atoms with Gasteiger partial charge >= 0.3 is 0 Å². The Morgan fingerprint density at radius 2 is 2.16 bits per heavy atom. The number of hydrogen-bond donors (Lipinski definition) is 1. The van der Waals surface area contributed by atoms with Crippen molar-refractivity contribution in [2.24, 2.45) is 0 Å². The molecule has 1 aromatic carbocycles. The molecule has 2 aromatic rings. The largest absolute Gasteiger partial charge is 0.310 e. The Morgan fingerprint density at radius 1 is 1.37 bits per heavy atom. The van der Waals surface area contributed by atoms with Gasteiger partial charge in [0.05, 0.1) is 6.20 Å². The lowest BCUT2D eigenvalue weighted by molar-refractivity contribution is 0.558. The molecule has 1 unspecified atom stereocenters. The first-order valence-corrected chi connectivity index (χ1v) is 6.70. The molecule has 0 aliphatic heterocycles. The van der Waals surface area contributed by atoms with E-state index in [2.05, 4.69) is 24.3 Å². The molecule has 1 N–H and O–H groups in total. The van der Waals surface area contributed by atoms with Gasteiger partial charge in [-0.2, -0.15) is 5.10 Å². The van der Waals surface area contributed by atoms with Gasteiger partial charge in [-0.3, -0.25) is 4.68 Å². The van der Waals surface area contributed by atoms with E-state index in [1.165, 1.54) is 6.07 Å². The van der Waals surface area contributed by atoms with Crippen molar-refractivity contribution in [1.29, 1.82) is 0 Å². The molecule has 2 rings (SSSR count). The maximum Gasteiger partial charge on any atom is 0.126 e. The molecule has 0 spiro atoms. The van der Waals surface area contributed by atoms with Crippen LogP contribution in [-0.4, -0.2) is 16.3 Å². The summed E-state index contributed by atoms with van der Waals surface area (Å²) in [5.74, 6) is -0.129. The SMILES string of the molecule is CCn1cc(C(C)NCCc2ccccc2F)cn1. The van der Waals surface area contributed by atoms with E-state index in [0.29, 0.717) is 6.42 Å². The minimum absolute atomic E-state index is 0.129. The quantitative estimate of drug-likeness (QED) is 0.866. The molecule has 0 saturated carbocycles. The zero-order chi connectivity index (χ0) is 13.7. The Morgan fingerprint density at radius 3 is 2.84 bits per heavy atom. The maximum atomic E-state index is 13.4. The van der Waals surface area contributed by atoms with Crippen LogP contribution >= 0.6 is 0 Å². The van der Waals surface area contributed by atoms with Crippen LogP contribution in [0, 0.1) is 5.82 Å². The number of nitrogens with one attached hydrogen (secondary N) is 1. The van der Waals surface area contributed by atoms with Crippen molar-refractivity contribution in [1.82, 2.24) is 15.1 Å². The molecule has 1 heterocycles. The second-order valence-electron chi connectivity index (χ2n) is 4.65. The molecule has 0 aliphatic rings. The van der Waals surface area contributed by atoms with Crippen molar-refractivity contribution >= 4 is 0 Å². The van der Waals surface area contributed by atoms with Gasteiger partial charge in [-0.1, -0.05) is 18.2 Å². The van der Waals surface area contributed by atoms with Gasteiger partial charge in [0.1, 0.15) is 5.82 Å². The highest BCUT2D eigenvalue weighted by Gasteiger charge is 2.07. The third-order valence-corrected chi connectivity index (χ3v) is 3.28. The zero-order valence-electron chi connectivity index (χ0n) is 11.4. The van der Waals surface area contributed by atoms with Crippen LogP contribution in [-0.2, 0) is 13.0 Å². The highest BCUT2D eigenvalue weighted by atomic mass is 19.1. The van der Waals surface area contributed by atoms with E-state index >= 15 is 0 Å². The second kappa shape index (κ2) is 6.48. The number of hydrogen-bond acceptors (Lipinski definition) is 2. The third-order valence-electron chi connectivity index (χ3n) is 3.28. The van der Waals surface area contributed by atoms with E-state index in [0.717, 1.165) is 24.2 Å². The molecule has 1 aromatic heterocycles. The van der Waals surface area contributed by atoms with Crippen LogP contribution in [0.5, 0.6) is 0 Å². The van der Waals surface area contributed by atoms with Gasteiger partial charge in [0.2, 0.25) is 0 Å². The number of aromatic nitrogens is 2. The van der Waals surface area contributed by atoms with Crippen LogP contribution in [0.4, 0.5) is 4.39 Å². The number of nitrogens with zero attached hydrogens (tertiary/aromatic N) is 2. The Balaban J connectivity index is 1.84. The van der Waals surface area contributed by atoms with Crippen LogP contribution < -0.4 is 5.32 Å². The fourth-order valence-corrected chi connectivity index (χ4v) is 2.02. The number of benzene rings is 1. The summed E-state index contributed by atoms with van der Waals surface area (Å²) in [6, 6.07) is 7.15. The number of halogens is 1. The van der Waals surface area contributed by atoms with E-state index in [4.69, 9.17) is 0 Å². The van der Waals surface area contributed by atoms with Gasteiger partial charge in [-0.05, 0) is 38.4 Å². The van der Waals surface area contributed by atoms with Crippen LogP contribution in [0.25, 0.3) is 0 Å². The smallest absolute Gasteiger partial charge is 0.126 e. The predicted octanol–water partition coefficient (Wildman–Crippen LogP) is 2.94. The molecule has 1 atom stereocenters. The molecule has 102 valence electrons. The first-order valence-electron chi connectivity index (χ1n) is 6.70. The predicted molar refractivity (Wildman–Crippen MR) is 74.4 cm³/mol. The molecular formula is C15H20FN3. The molecule has 0 amide bonds. The number of aryl methyl sites for hydroxylation is 1. The first-order chi connectivity index (χ1) is 9.20. The van der Waals surface area contributed by atoms with Gasteiger partial charge < -0.3 is 5.32 Å². The fourth-order valence-electron chi connectivity index (χ4n) is 2.02. The molecule has 3 nitrogen and oxygen atoms in total. The monoisotopic (exact) mass is 261 g/mol. The van der Waals surface area contributed by atoms with E-state index in [1.807, 2.05) is 29.2 Å². The van der Waals surface area contributed by atoms with Crippen LogP contribution in [0.3, 0.4) is 0 Å². The molecule has 0 bridgehead atoms. The summed E-state index contributed by atoms with van der Waals surface area (Å²) in [5.41, 5.74) is 1.92. The van der Waals surface area contributed by atoms with Crippen molar-refractivity contribution < 1.29 is 4.39 Å². The minimum atomic E-state index is -0.129. The Bertz CT molecular complexity index is 522. The van der Waals surface area contributed by atoms with Gasteiger partial charge in [0, 0.05) is 24.3 Å². The average molecular weight is 261 g/mol. The summed E-state index contributed by atoms with van der Waals surface area (Å²) in [4.78, 5) is 0. The summed E-state index contributed by atoms with van der Waals surface area (Å²) in [6.45, 7) is 5.78. The lowest BCUT2D eigenvalue weighted by atomic mass is 10.1. The summed E-state index contributed by atoms with van der Waals surface area (Å²) in [6.07, 6.45) is 4.62. The van der Waals surface area contributed by atoms with Gasteiger partial charge in [-0.25, -0.2) is 4.39 Å². The molecule has 4 heteroatoms. The lowest BCUT2D eigenvalue weighted by Crippen LogP contribution is -2.21. The molecular weight excluding hydrogens is 241 g/mol. The van der Waals surface area contributed by atoms with Crippen molar-refractivity contribution in [3.8, 4) is 0 Å². The second-order valence-corrected chi connectivity index (χ2v) is 4.65. The van der Waals surface area contributed by atoms with Crippen LogP contribution in [0.15, 0.2) is 36.7 Å². The molecule has 19 heavy (non-hydrogen) atoms. The van der Waals surface area contributed by atoms with Crippen molar-refractivity contribution in [2.75, 3.05) is 6.54 Å². The van der Waals surface area contributed by atoms with Crippen LogP contribution in [0.2, 0.25) is 0 Å². The highest BCUT2D eigenvalue weighted by Crippen LogP contribution is 2.11. The van der Waals surface area contributed by atoms with Gasteiger partial charge in [0.25, 0.3) is 0 Å². The van der Waals surface area contributed by atoms with Crippen molar-refractivity contribution in [3.63, 3.8) is 0 Å². The Labute approximate surface area is 113 Å². The fraction of sp³-hybridized carbons (Fsp3) is 0.400. The highest BCUT2D eigenvalue weighted by molar-refractivity contribution is 5.17. The van der Waals surface area contributed by atoms with E-state index < -0.39 is 0 Å². The normalized spacial score (nSPS) is 12.6. The van der Waals surface area contributed by atoms with Crippen molar-refractivity contribution in [2.45, 2.75) is 32.9 Å². The van der Waals surface area contributed by atoms with Crippen LogP contribution in [0.1, 0.15) is 31.0 Å². The Kier molecular flexibility index (Phi) is 4.68. The van der Waals surface area contributed by atoms with Crippen molar-refractivity contribution in [3.05, 3.63) is 53.6 Å². The molecule has 0 aliphatic carbocycles. The zero-order valence-corrected chi connectivity index (χ0v) is 11.4. The Hall–Kier alpha value is -1.68. The summed E-state index contributed by atoms with van der Waals surface area (Å²) in [7, 11) is 0. The third kappa shape index (κ3) is 3.64. The molecule has 0 fully saturated rings. The average Bonchev–Trinajstić information content (AvgIpc) is 2.90. The summed E-state index contributed by atoms with van der Waals surface area (Å²) >= 11 is 0. The lowest BCUT2D eigenvalue weighted by Gasteiger charge is -2.12. The van der Waals surface area contributed by atoms with E-state index in [1.54, 1.807) is 6.07 Å². The number of rotatable bonds is 6. The first kappa shape index (κ1) is 13.7. The van der Waals surface area contributed by atoms with E-state index in [9.17, 15) is 4.39 Å².